The van der Waals surface area contributed by atoms with Crippen LogP contribution in [0.25, 0.3) is 0 Å². The van der Waals surface area contributed by atoms with Gasteiger partial charge in [-0.15, -0.1) is 0 Å². The first-order valence-corrected chi connectivity index (χ1v) is 4.65. The third kappa shape index (κ3) is 1.80. The first kappa shape index (κ1) is 12.6. The summed E-state index contributed by atoms with van der Waals surface area (Å²) in [5, 5.41) is 30.6. The number of rotatable bonds is 2. The van der Waals surface area contributed by atoms with Crippen LogP contribution in [0.4, 0.5) is 11.4 Å². The third-order valence-electron chi connectivity index (χ3n) is 2.65. The molecule has 0 saturated heterocycles. The molecule has 7 heteroatoms. The third-order valence-corrected chi connectivity index (χ3v) is 2.65. The van der Waals surface area contributed by atoms with Crippen LogP contribution in [0.3, 0.4) is 0 Å². The standard InChI is InChI=1S/C10H9N3O4/c1-5-8(4-11)6(2)10(13(16)17)7(3)9(5)12(14)15/h1-3H3. The number of nitrogens with zero attached hydrogens (tertiary/aromatic N) is 3. The van der Waals surface area contributed by atoms with E-state index in [9.17, 15) is 20.2 Å². The molecule has 7 nitrogen and oxygen atoms in total. The van der Waals surface area contributed by atoms with Gasteiger partial charge in [0.15, 0.2) is 0 Å². The highest BCUT2D eigenvalue weighted by atomic mass is 16.6. The van der Waals surface area contributed by atoms with Gasteiger partial charge in [-0.2, -0.15) is 5.26 Å². The summed E-state index contributed by atoms with van der Waals surface area (Å²) in [6.45, 7) is 4.15. The molecule has 0 heterocycles. The summed E-state index contributed by atoms with van der Waals surface area (Å²) in [5.74, 6) is 0. The van der Waals surface area contributed by atoms with Crippen LogP contribution in [-0.4, -0.2) is 9.85 Å². The van der Waals surface area contributed by atoms with Gasteiger partial charge >= 0.3 is 0 Å². The molecule has 0 atom stereocenters. The van der Waals surface area contributed by atoms with E-state index in [-0.39, 0.29) is 33.6 Å². The smallest absolute Gasteiger partial charge is 0.258 e. The molecule has 0 aromatic heterocycles. The van der Waals surface area contributed by atoms with Crippen LogP contribution in [-0.2, 0) is 0 Å². The maximum Gasteiger partial charge on any atom is 0.283 e. The Bertz CT molecular complexity index is 531. The lowest BCUT2D eigenvalue weighted by molar-refractivity contribution is -0.396. The molecule has 0 spiro atoms. The molecule has 0 aliphatic heterocycles. The van der Waals surface area contributed by atoms with Crippen molar-refractivity contribution < 1.29 is 9.85 Å². The van der Waals surface area contributed by atoms with Crippen LogP contribution < -0.4 is 0 Å². The molecular weight excluding hydrogens is 226 g/mol. The zero-order valence-electron chi connectivity index (χ0n) is 9.47. The van der Waals surface area contributed by atoms with Crippen molar-refractivity contribution in [2.45, 2.75) is 20.8 Å². The fraction of sp³-hybridized carbons (Fsp3) is 0.300. The number of nitro groups is 2. The Kier molecular flexibility index (Phi) is 3.09. The molecule has 1 rings (SSSR count). The van der Waals surface area contributed by atoms with E-state index < -0.39 is 9.85 Å². The minimum absolute atomic E-state index is 0.00556. The summed E-state index contributed by atoms with van der Waals surface area (Å²) < 4.78 is 0. The maximum absolute atomic E-state index is 10.9. The molecule has 0 aliphatic rings. The Labute approximate surface area is 96.6 Å². The zero-order chi connectivity index (χ0) is 13.3. The topological polar surface area (TPSA) is 110 Å². The number of nitriles is 1. The van der Waals surface area contributed by atoms with Crippen LogP contribution in [0.15, 0.2) is 0 Å². The Morgan fingerprint density at radius 3 is 1.53 bits per heavy atom. The van der Waals surface area contributed by atoms with Crippen LogP contribution in [0.2, 0.25) is 0 Å². The van der Waals surface area contributed by atoms with Crippen LogP contribution in [0.1, 0.15) is 22.3 Å². The van der Waals surface area contributed by atoms with Gasteiger partial charge < -0.3 is 0 Å². The van der Waals surface area contributed by atoms with Gasteiger partial charge in [0.1, 0.15) is 11.6 Å². The first-order valence-electron chi connectivity index (χ1n) is 4.65. The van der Waals surface area contributed by atoms with E-state index in [4.69, 9.17) is 5.26 Å². The predicted octanol–water partition coefficient (Wildman–Crippen LogP) is 2.30. The highest BCUT2D eigenvalue weighted by Gasteiger charge is 2.30. The van der Waals surface area contributed by atoms with E-state index >= 15 is 0 Å². The van der Waals surface area contributed by atoms with Gasteiger partial charge in [0.25, 0.3) is 11.4 Å². The van der Waals surface area contributed by atoms with Crippen molar-refractivity contribution in [1.82, 2.24) is 0 Å². The molecule has 1 aromatic rings. The van der Waals surface area contributed by atoms with Crippen LogP contribution in [0, 0.1) is 52.3 Å². The molecule has 0 saturated carbocycles. The van der Waals surface area contributed by atoms with E-state index in [1.165, 1.54) is 20.8 Å². The molecule has 0 aliphatic carbocycles. The van der Waals surface area contributed by atoms with Crippen molar-refractivity contribution in [3.05, 3.63) is 42.5 Å². The first-order chi connectivity index (χ1) is 7.82. The second kappa shape index (κ2) is 4.17. The lowest BCUT2D eigenvalue weighted by Gasteiger charge is -2.07. The van der Waals surface area contributed by atoms with Gasteiger partial charge in [0, 0.05) is 11.1 Å². The van der Waals surface area contributed by atoms with Crippen molar-refractivity contribution in [2.75, 3.05) is 0 Å². The summed E-state index contributed by atoms with van der Waals surface area (Å²) >= 11 is 0. The average Bonchev–Trinajstić information content (AvgIpc) is 2.16. The second-order valence-corrected chi connectivity index (χ2v) is 3.57. The maximum atomic E-state index is 10.9. The Hall–Kier alpha value is -2.49. The van der Waals surface area contributed by atoms with Crippen LogP contribution >= 0.6 is 0 Å². The van der Waals surface area contributed by atoms with Crippen molar-refractivity contribution >= 4 is 11.4 Å². The lowest BCUT2D eigenvalue weighted by atomic mass is 9.96. The molecule has 0 bridgehead atoms. The zero-order valence-corrected chi connectivity index (χ0v) is 9.47. The number of benzene rings is 1. The predicted molar refractivity (Wildman–Crippen MR) is 58.7 cm³/mol. The summed E-state index contributed by atoms with van der Waals surface area (Å²) in [7, 11) is 0. The summed E-state index contributed by atoms with van der Waals surface area (Å²) in [4.78, 5) is 20.3. The molecule has 0 fully saturated rings. The Morgan fingerprint density at radius 2 is 1.29 bits per heavy atom. The van der Waals surface area contributed by atoms with E-state index in [2.05, 4.69) is 0 Å². The van der Waals surface area contributed by atoms with E-state index in [1.807, 2.05) is 0 Å². The van der Waals surface area contributed by atoms with Crippen molar-refractivity contribution in [3.63, 3.8) is 0 Å². The molecular formula is C10H9N3O4. The lowest BCUT2D eigenvalue weighted by Crippen LogP contribution is -2.05. The largest absolute Gasteiger partial charge is 0.283 e. The SMILES string of the molecule is Cc1c(C#N)c(C)c([N+](=O)[O-])c(C)c1[N+](=O)[O-]. The monoisotopic (exact) mass is 235 g/mol. The van der Waals surface area contributed by atoms with Gasteiger partial charge in [0.05, 0.1) is 15.4 Å². The quantitative estimate of drug-likeness (QED) is 0.576. The summed E-state index contributed by atoms with van der Waals surface area (Å²) in [6, 6.07) is 1.77. The summed E-state index contributed by atoms with van der Waals surface area (Å²) in [5.41, 5.74) is -0.420. The molecule has 0 N–H and O–H groups in total. The minimum Gasteiger partial charge on any atom is -0.258 e. The molecule has 1 aromatic carbocycles. The summed E-state index contributed by atoms with van der Waals surface area (Å²) in [6.07, 6.45) is 0. The van der Waals surface area contributed by atoms with Crippen molar-refractivity contribution in [3.8, 4) is 6.07 Å². The van der Waals surface area contributed by atoms with Crippen LogP contribution in [0.5, 0.6) is 0 Å². The fourth-order valence-corrected chi connectivity index (χ4v) is 1.91. The number of nitro benzene ring substituents is 2. The van der Waals surface area contributed by atoms with Gasteiger partial charge in [-0.05, 0) is 20.8 Å². The minimum atomic E-state index is -0.696. The van der Waals surface area contributed by atoms with Gasteiger partial charge in [0.2, 0.25) is 0 Å². The number of hydrogen-bond donors (Lipinski definition) is 0. The second-order valence-electron chi connectivity index (χ2n) is 3.57. The molecule has 0 unspecified atom stereocenters. The molecule has 88 valence electrons. The van der Waals surface area contributed by atoms with Gasteiger partial charge in [-0.3, -0.25) is 20.2 Å². The molecule has 0 radical (unpaired) electrons. The van der Waals surface area contributed by atoms with Gasteiger partial charge in [-0.25, -0.2) is 0 Å². The molecule has 0 amide bonds. The average molecular weight is 235 g/mol. The van der Waals surface area contributed by atoms with Crippen molar-refractivity contribution in [2.24, 2.45) is 0 Å². The van der Waals surface area contributed by atoms with Crippen molar-refractivity contribution in [1.29, 1.82) is 5.26 Å². The Morgan fingerprint density at radius 1 is 0.941 bits per heavy atom. The normalized spacial score (nSPS) is 9.76. The number of hydrogen-bond acceptors (Lipinski definition) is 5. The highest BCUT2D eigenvalue weighted by Crippen LogP contribution is 2.36. The highest BCUT2D eigenvalue weighted by molar-refractivity contribution is 5.67. The van der Waals surface area contributed by atoms with E-state index in [0.29, 0.717) is 0 Å². The Balaban J connectivity index is 3.91. The van der Waals surface area contributed by atoms with E-state index in [0.717, 1.165) is 0 Å². The molecule has 17 heavy (non-hydrogen) atoms. The fourth-order valence-electron chi connectivity index (χ4n) is 1.91. The van der Waals surface area contributed by atoms with E-state index in [1.54, 1.807) is 6.07 Å². The van der Waals surface area contributed by atoms with Gasteiger partial charge in [-0.1, -0.05) is 0 Å².